The highest BCUT2D eigenvalue weighted by Gasteiger charge is 2.95. The second-order valence-corrected chi connectivity index (χ2v) is 9.62. The highest BCUT2D eigenvalue weighted by molar-refractivity contribution is 14.1. The molecular formula is C21H15F17INO. The zero-order chi connectivity index (χ0) is 32.5. The maximum Gasteiger partial charge on any atom is 0.460 e. The summed E-state index contributed by atoms with van der Waals surface area (Å²) in [6, 6.07) is 7.46. The molecule has 236 valence electrons. The smallest absolute Gasteiger partial charge is 0.352 e. The van der Waals surface area contributed by atoms with Gasteiger partial charge >= 0.3 is 47.6 Å². The number of hydrogen-bond acceptors (Lipinski definition) is 1. The molecule has 0 spiro atoms. The van der Waals surface area contributed by atoms with Crippen molar-refractivity contribution in [3.63, 3.8) is 0 Å². The minimum atomic E-state index is -8.65. The molecule has 0 radical (unpaired) electrons. The van der Waals surface area contributed by atoms with Crippen molar-refractivity contribution in [1.82, 2.24) is 5.32 Å². The van der Waals surface area contributed by atoms with Crippen LogP contribution in [0, 0.1) is 0 Å². The highest BCUT2D eigenvalue weighted by Crippen LogP contribution is 2.64. The fraction of sp³-hybridized carbons (Fsp3) is 0.571. The molecule has 2 nitrogen and oxygen atoms in total. The van der Waals surface area contributed by atoms with Crippen molar-refractivity contribution in [1.29, 1.82) is 0 Å². The van der Waals surface area contributed by atoms with E-state index in [4.69, 9.17) is 0 Å². The largest absolute Gasteiger partial charge is 0.460 e. The number of allylic oxidation sites excluding steroid dienone is 2. The Morgan fingerprint density at radius 1 is 0.634 bits per heavy atom. The highest BCUT2D eigenvalue weighted by atomic mass is 127. The lowest BCUT2D eigenvalue weighted by Crippen LogP contribution is -2.74. The molecule has 0 heterocycles. The fourth-order valence-corrected chi connectivity index (χ4v) is 3.62. The van der Waals surface area contributed by atoms with Gasteiger partial charge in [0, 0.05) is 18.2 Å². The summed E-state index contributed by atoms with van der Waals surface area (Å²) in [6.07, 6.45) is -9.93. The van der Waals surface area contributed by atoms with Crippen LogP contribution in [-0.2, 0) is 0 Å². The number of carbonyl (C=O) groups is 1. The maximum atomic E-state index is 14.0. The van der Waals surface area contributed by atoms with Gasteiger partial charge in [-0.15, -0.1) is 0 Å². The lowest BCUT2D eigenvalue weighted by molar-refractivity contribution is -0.459. The molecule has 0 fully saturated rings. The molecule has 0 bridgehead atoms. The number of hydrogen-bond donors (Lipinski definition) is 1. The van der Waals surface area contributed by atoms with Gasteiger partial charge in [0.1, 0.15) is 0 Å². The third-order valence-electron chi connectivity index (χ3n) is 5.25. The predicted octanol–water partition coefficient (Wildman–Crippen LogP) is 8.91. The van der Waals surface area contributed by atoms with E-state index in [1.807, 2.05) is 0 Å². The first kappa shape index (κ1) is 37.0. The molecule has 0 saturated carbocycles. The Morgan fingerprint density at radius 3 is 1.49 bits per heavy atom. The monoisotopic (exact) mass is 747 g/mol. The number of amides is 1. The van der Waals surface area contributed by atoms with Crippen LogP contribution >= 0.6 is 22.6 Å². The maximum absolute atomic E-state index is 14.0. The first-order chi connectivity index (χ1) is 18.1. The quantitative estimate of drug-likeness (QED) is 0.122. The van der Waals surface area contributed by atoms with E-state index < -0.39 is 69.6 Å². The summed E-state index contributed by atoms with van der Waals surface area (Å²) < 4.78 is 225. The molecular weight excluding hydrogens is 732 g/mol. The second kappa shape index (κ2) is 11.9. The van der Waals surface area contributed by atoms with E-state index in [0.29, 0.717) is 0 Å². The van der Waals surface area contributed by atoms with Gasteiger partial charge in [-0.1, -0.05) is 18.2 Å². The van der Waals surface area contributed by atoms with Crippen LogP contribution in [0.5, 0.6) is 0 Å². The van der Waals surface area contributed by atoms with E-state index in [-0.39, 0.29) is 24.9 Å². The van der Waals surface area contributed by atoms with Crippen LogP contribution in [0.4, 0.5) is 74.6 Å². The molecule has 0 aliphatic heterocycles. The van der Waals surface area contributed by atoms with Gasteiger partial charge < -0.3 is 5.32 Å². The Bertz CT molecular complexity index is 1080. The molecule has 1 amide bonds. The Labute approximate surface area is 232 Å². The van der Waals surface area contributed by atoms with Crippen molar-refractivity contribution in [2.75, 3.05) is 6.54 Å². The number of benzene rings is 1. The number of rotatable bonds is 13. The van der Waals surface area contributed by atoms with E-state index in [0.717, 1.165) is 22.6 Å². The Kier molecular flexibility index (Phi) is 10.8. The molecule has 0 aromatic heterocycles. The van der Waals surface area contributed by atoms with Gasteiger partial charge in [-0.3, -0.25) is 4.79 Å². The molecule has 1 aromatic carbocycles. The van der Waals surface area contributed by atoms with E-state index in [1.54, 1.807) is 6.07 Å². The normalized spacial score (nSPS) is 15.2. The summed E-state index contributed by atoms with van der Waals surface area (Å²) in [7, 11) is 0. The molecule has 0 atom stereocenters. The SMILES string of the molecule is O=C(NCCCCC(I)=CC(F)(F)C(F)(F)C(F)(F)C(F)(F)C(F)(F)C(F)(F)C(F)(F)C(F)(F)F)c1ccccc1. The molecule has 0 unspecified atom stereocenters. The van der Waals surface area contributed by atoms with Crippen molar-refractivity contribution in [2.24, 2.45) is 0 Å². The van der Waals surface area contributed by atoms with Crippen LogP contribution in [0.2, 0.25) is 0 Å². The lowest BCUT2D eigenvalue weighted by atomic mass is 9.89. The molecule has 0 aliphatic carbocycles. The summed E-state index contributed by atoms with van der Waals surface area (Å²) in [5.74, 6) is -57.2. The second-order valence-electron chi connectivity index (χ2n) is 8.24. The number of carbonyl (C=O) groups excluding carboxylic acids is 1. The first-order valence-electron chi connectivity index (χ1n) is 10.6. The van der Waals surface area contributed by atoms with Gasteiger partial charge in [-0.25, -0.2) is 0 Å². The third kappa shape index (κ3) is 6.65. The Morgan fingerprint density at radius 2 is 1.05 bits per heavy atom. The van der Waals surface area contributed by atoms with Crippen molar-refractivity contribution in [2.45, 2.75) is 66.9 Å². The van der Waals surface area contributed by atoms with Gasteiger partial charge in [0.05, 0.1) is 0 Å². The van der Waals surface area contributed by atoms with Crippen LogP contribution in [0.25, 0.3) is 0 Å². The van der Waals surface area contributed by atoms with Gasteiger partial charge in [0.25, 0.3) is 5.91 Å². The molecule has 20 heteroatoms. The lowest BCUT2D eigenvalue weighted by Gasteiger charge is -2.42. The van der Waals surface area contributed by atoms with Gasteiger partial charge in [0.15, 0.2) is 0 Å². The summed E-state index contributed by atoms with van der Waals surface area (Å²) >= 11 is 0.814. The summed E-state index contributed by atoms with van der Waals surface area (Å²) in [4.78, 5) is 11.8. The molecule has 0 aliphatic rings. The van der Waals surface area contributed by atoms with Gasteiger partial charge in [-0.05, 0) is 57.6 Å². The number of alkyl halides is 17. The van der Waals surface area contributed by atoms with Gasteiger partial charge in [-0.2, -0.15) is 74.6 Å². The Hall–Kier alpha value is -2.03. The van der Waals surface area contributed by atoms with E-state index in [9.17, 15) is 79.4 Å². The molecule has 1 rings (SSSR count). The summed E-state index contributed by atoms with van der Waals surface area (Å²) in [5.41, 5.74) is 0.215. The topological polar surface area (TPSA) is 29.1 Å². The number of halogens is 18. The molecule has 0 saturated heterocycles. The molecule has 1 N–H and O–H groups in total. The van der Waals surface area contributed by atoms with Crippen LogP contribution in [0.1, 0.15) is 29.6 Å². The van der Waals surface area contributed by atoms with E-state index >= 15 is 0 Å². The number of unbranched alkanes of at least 4 members (excludes halogenated alkanes) is 1. The zero-order valence-corrected chi connectivity index (χ0v) is 21.7. The van der Waals surface area contributed by atoms with Crippen LogP contribution < -0.4 is 5.32 Å². The van der Waals surface area contributed by atoms with Crippen molar-refractivity contribution < 1.29 is 79.4 Å². The van der Waals surface area contributed by atoms with Crippen molar-refractivity contribution in [3.05, 3.63) is 45.6 Å². The van der Waals surface area contributed by atoms with Gasteiger partial charge in [0.2, 0.25) is 0 Å². The van der Waals surface area contributed by atoms with E-state index in [1.165, 1.54) is 24.3 Å². The van der Waals surface area contributed by atoms with Crippen LogP contribution in [0.3, 0.4) is 0 Å². The average molecular weight is 747 g/mol. The minimum absolute atomic E-state index is 0.0656. The van der Waals surface area contributed by atoms with E-state index in [2.05, 4.69) is 5.32 Å². The fourth-order valence-electron chi connectivity index (χ4n) is 2.85. The molecule has 41 heavy (non-hydrogen) atoms. The predicted molar refractivity (Wildman–Crippen MR) is 115 cm³/mol. The minimum Gasteiger partial charge on any atom is -0.352 e. The third-order valence-corrected chi connectivity index (χ3v) is 6.10. The first-order valence-corrected chi connectivity index (χ1v) is 11.6. The number of nitrogens with one attached hydrogen (secondary N) is 1. The zero-order valence-electron chi connectivity index (χ0n) is 19.5. The summed E-state index contributed by atoms with van der Waals surface area (Å²) in [5, 5.41) is 2.36. The Balaban J connectivity index is 3.12. The average Bonchev–Trinajstić information content (AvgIpc) is 2.82. The van der Waals surface area contributed by atoms with Crippen LogP contribution in [0.15, 0.2) is 40.0 Å². The van der Waals surface area contributed by atoms with Crippen LogP contribution in [-0.4, -0.2) is 60.1 Å². The standard InChI is InChI=1S/C21H15F17INO/c22-14(23,10-12(39)8-4-5-9-40-13(41)11-6-2-1-3-7-11)15(24,25)16(26,27)17(28,29)18(30,31)19(32,33)20(34,35)21(36,37)38/h1-3,6-7,10H,4-5,8-9H2,(H,40,41). The van der Waals surface area contributed by atoms with Crippen molar-refractivity contribution in [3.8, 4) is 0 Å². The van der Waals surface area contributed by atoms with Crippen molar-refractivity contribution >= 4 is 28.5 Å². The summed E-state index contributed by atoms with van der Waals surface area (Å²) in [6.45, 7) is -0.139. The molecule has 1 aromatic rings.